The summed E-state index contributed by atoms with van der Waals surface area (Å²) in [6, 6.07) is 5.60. The molecule has 1 fully saturated rings. The highest BCUT2D eigenvalue weighted by Gasteiger charge is 2.30. The summed E-state index contributed by atoms with van der Waals surface area (Å²) in [6.45, 7) is 2.90. The van der Waals surface area contributed by atoms with Gasteiger partial charge < -0.3 is 4.74 Å². The summed E-state index contributed by atoms with van der Waals surface area (Å²) in [6.07, 6.45) is 1.59. The van der Waals surface area contributed by atoms with Gasteiger partial charge in [-0.2, -0.15) is 9.41 Å². The number of hydrazone groups is 1. The minimum atomic E-state index is -3.93. The highest BCUT2D eigenvalue weighted by atomic mass is 32.2. The van der Waals surface area contributed by atoms with Gasteiger partial charge in [-0.1, -0.05) is 0 Å². The average molecular weight is 410 g/mol. The van der Waals surface area contributed by atoms with E-state index in [1.54, 1.807) is 6.21 Å². The molecule has 1 aliphatic rings. The van der Waals surface area contributed by atoms with E-state index in [0.717, 1.165) is 16.5 Å². The van der Waals surface area contributed by atoms with E-state index in [1.807, 2.05) is 18.4 Å². The number of anilines is 1. The maximum absolute atomic E-state index is 13.0. The molecule has 0 radical (unpaired) electrons. The van der Waals surface area contributed by atoms with Crippen LogP contribution in [0, 0.1) is 17.0 Å². The van der Waals surface area contributed by atoms with E-state index in [9.17, 15) is 18.5 Å². The number of nitrogens with one attached hydrogen (secondary N) is 1. The molecule has 0 saturated carbocycles. The minimum Gasteiger partial charge on any atom is -0.379 e. The van der Waals surface area contributed by atoms with Crippen LogP contribution < -0.4 is 5.43 Å². The van der Waals surface area contributed by atoms with Gasteiger partial charge in [-0.25, -0.2) is 8.42 Å². The van der Waals surface area contributed by atoms with Gasteiger partial charge in [0, 0.05) is 30.1 Å². The number of morpholine rings is 1. The van der Waals surface area contributed by atoms with Gasteiger partial charge in [0.2, 0.25) is 10.0 Å². The Labute approximate surface area is 160 Å². The van der Waals surface area contributed by atoms with E-state index in [0.29, 0.717) is 0 Å². The molecule has 27 heavy (non-hydrogen) atoms. The molecule has 1 aromatic heterocycles. The molecule has 2 aromatic rings. The monoisotopic (exact) mass is 410 g/mol. The lowest BCUT2D eigenvalue weighted by Gasteiger charge is -2.26. The van der Waals surface area contributed by atoms with Crippen LogP contribution in [0.3, 0.4) is 0 Å². The van der Waals surface area contributed by atoms with Crippen molar-refractivity contribution in [2.75, 3.05) is 31.7 Å². The molecule has 0 spiro atoms. The quantitative estimate of drug-likeness (QED) is 0.444. The maximum Gasteiger partial charge on any atom is 0.270 e. The van der Waals surface area contributed by atoms with Crippen molar-refractivity contribution in [3.63, 3.8) is 0 Å². The number of sulfonamides is 1. The third-order valence-electron chi connectivity index (χ3n) is 4.03. The lowest BCUT2D eigenvalue weighted by molar-refractivity contribution is -0.385. The molecule has 1 N–H and O–H groups in total. The first-order valence-corrected chi connectivity index (χ1v) is 10.4. The van der Waals surface area contributed by atoms with E-state index in [4.69, 9.17) is 4.74 Å². The first kappa shape index (κ1) is 19.4. The van der Waals surface area contributed by atoms with E-state index >= 15 is 0 Å². The van der Waals surface area contributed by atoms with Crippen molar-refractivity contribution in [3.8, 4) is 0 Å². The number of thiophene rings is 1. The summed E-state index contributed by atoms with van der Waals surface area (Å²) >= 11 is 1.50. The number of nitrogens with zero attached hydrogens (tertiary/aromatic N) is 3. The van der Waals surface area contributed by atoms with E-state index < -0.39 is 14.9 Å². The lowest BCUT2D eigenvalue weighted by atomic mass is 10.3. The zero-order chi connectivity index (χ0) is 19.4. The summed E-state index contributed by atoms with van der Waals surface area (Å²) in [4.78, 5) is 11.2. The molecule has 1 aromatic carbocycles. The third-order valence-corrected chi connectivity index (χ3v) is 6.92. The van der Waals surface area contributed by atoms with Gasteiger partial charge in [-0.3, -0.25) is 15.5 Å². The van der Waals surface area contributed by atoms with Crippen molar-refractivity contribution in [2.45, 2.75) is 11.8 Å². The standard InChI is InChI=1S/C16H18N4O5S2/c1-12-4-9-26-15(12)11-17-18-14-3-2-13(20(21)22)10-16(14)27(23,24)19-5-7-25-8-6-19/h2-4,9-11,18H,5-8H2,1H3/b17-11+. The summed E-state index contributed by atoms with van der Waals surface area (Å²) in [5.41, 5.74) is 3.64. The van der Waals surface area contributed by atoms with Crippen LogP contribution in [0.25, 0.3) is 0 Å². The zero-order valence-electron chi connectivity index (χ0n) is 14.5. The first-order chi connectivity index (χ1) is 12.9. The third kappa shape index (κ3) is 4.33. The number of nitro groups is 1. The second-order valence-corrected chi connectivity index (χ2v) is 8.65. The molecule has 1 aliphatic heterocycles. The number of rotatable bonds is 6. The topological polar surface area (TPSA) is 114 Å². The Morgan fingerprint density at radius 2 is 2.07 bits per heavy atom. The van der Waals surface area contributed by atoms with Gasteiger partial charge in [0.05, 0.1) is 30.0 Å². The molecule has 1 saturated heterocycles. The molecule has 0 atom stereocenters. The summed E-state index contributed by atoms with van der Waals surface area (Å²) < 4.78 is 32.4. The first-order valence-electron chi connectivity index (χ1n) is 8.09. The Balaban J connectivity index is 1.94. The Bertz CT molecular complexity index is 965. The largest absolute Gasteiger partial charge is 0.379 e. The molecular weight excluding hydrogens is 392 g/mol. The molecule has 0 unspecified atom stereocenters. The Kier molecular flexibility index (Phi) is 5.85. The molecule has 0 aliphatic carbocycles. The number of ether oxygens (including phenoxy) is 1. The number of hydrogen-bond donors (Lipinski definition) is 1. The smallest absolute Gasteiger partial charge is 0.270 e. The van der Waals surface area contributed by atoms with Crippen LogP contribution >= 0.6 is 11.3 Å². The Morgan fingerprint density at radius 3 is 2.70 bits per heavy atom. The average Bonchev–Trinajstić information content (AvgIpc) is 3.07. The van der Waals surface area contributed by atoms with Crippen molar-refractivity contribution < 1.29 is 18.1 Å². The summed E-state index contributed by atoms with van der Waals surface area (Å²) in [5, 5.41) is 17.1. The van der Waals surface area contributed by atoms with E-state index in [2.05, 4.69) is 10.5 Å². The van der Waals surface area contributed by atoms with Gasteiger partial charge in [-0.15, -0.1) is 11.3 Å². The predicted molar refractivity (Wildman–Crippen MR) is 103 cm³/mol. The number of hydrogen-bond acceptors (Lipinski definition) is 8. The van der Waals surface area contributed by atoms with Crippen molar-refractivity contribution in [2.24, 2.45) is 5.10 Å². The fourth-order valence-electron chi connectivity index (χ4n) is 2.53. The maximum atomic E-state index is 13.0. The molecule has 0 amide bonds. The molecule has 11 heteroatoms. The highest BCUT2D eigenvalue weighted by molar-refractivity contribution is 7.89. The SMILES string of the molecule is Cc1ccsc1/C=N/Nc1ccc([N+](=O)[O-])cc1S(=O)(=O)N1CCOCC1. The van der Waals surface area contributed by atoms with Crippen LogP contribution in [0.1, 0.15) is 10.4 Å². The van der Waals surface area contributed by atoms with Gasteiger partial charge >= 0.3 is 0 Å². The van der Waals surface area contributed by atoms with Crippen molar-refractivity contribution in [3.05, 3.63) is 50.2 Å². The van der Waals surface area contributed by atoms with E-state index in [1.165, 1.54) is 27.8 Å². The zero-order valence-corrected chi connectivity index (χ0v) is 16.1. The minimum absolute atomic E-state index is 0.178. The molecule has 9 nitrogen and oxygen atoms in total. The van der Waals surface area contributed by atoms with Crippen LogP contribution in [0.4, 0.5) is 11.4 Å². The fourth-order valence-corrected chi connectivity index (χ4v) is 4.89. The second-order valence-electron chi connectivity index (χ2n) is 5.79. The molecular formula is C16H18N4O5S2. The highest BCUT2D eigenvalue weighted by Crippen LogP contribution is 2.29. The molecule has 2 heterocycles. The number of nitro benzene ring substituents is 1. The number of benzene rings is 1. The predicted octanol–water partition coefficient (Wildman–Crippen LogP) is 2.43. The molecule has 0 bridgehead atoms. The van der Waals surface area contributed by atoms with Crippen LogP contribution in [-0.4, -0.2) is 50.2 Å². The van der Waals surface area contributed by atoms with Gasteiger partial charge in [0.25, 0.3) is 5.69 Å². The summed E-state index contributed by atoms with van der Waals surface area (Å²) in [7, 11) is -3.93. The van der Waals surface area contributed by atoms with Crippen molar-refractivity contribution in [1.29, 1.82) is 0 Å². The second kappa shape index (κ2) is 8.13. The van der Waals surface area contributed by atoms with Crippen LogP contribution in [0.2, 0.25) is 0 Å². The molecule has 144 valence electrons. The Hall–Kier alpha value is -2.34. The fraction of sp³-hybridized carbons (Fsp3) is 0.312. The Morgan fingerprint density at radius 1 is 1.33 bits per heavy atom. The lowest BCUT2D eigenvalue weighted by Crippen LogP contribution is -2.40. The van der Waals surface area contributed by atoms with Crippen molar-refractivity contribution >= 4 is 38.9 Å². The van der Waals surface area contributed by atoms with Crippen LogP contribution in [0.15, 0.2) is 39.6 Å². The number of aryl methyl sites for hydroxylation is 1. The van der Waals surface area contributed by atoms with Crippen LogP contribution in [0.5, 0.6) is 0 Å². The summed E-state index contributed by atoms with van der Waals surface area (Å²) in [5.74, 6) is 0. The van der Waals surface area contributed by atoms with Gasteiger partial charge in [0.1, 0.15) is 4.90 Å². The van der Waals surface area contributed by atoms with Crippen molar-refractivity contribution in [1.82, 2.24) is 4.31 Å². The van der Waals surface area contributed by atoms with E-state index in [-0.39, 0.29) is 42.6 Å². The molecule has 3 rings (SSSR count). The van der Waals surface area contributed by atoms with Crippen LogP contribution in [-0.2, 0) is 14.8 Å². The van der Waals surface area contributed by atoms with Gasteiger partial charge in [0.15, 0.2) is 0 Å². The normalized spacial score (nSPS) is 15.9. The number of non-ortho nitro benzene ring substituents is 1. The van der Waals surface area contributed by atoms with Gasteiger partial charge in [-0.05, 0) is 30.0 Å².